The molecule has 0 aliphatic carbocycles. The molecule has 0 unspecified atom stereocenters. The third-order valence-corrected chi connectivity index (χ3v) is 6.64. The highest BCUT2D eigenvalue weighted by Gasteiger charge is 2.21. The van der Waals surface area contributed by atoms with E-state index in [0.29, 0.717) is 36.2 Å². The fourth-order valence-corrected chi connectivity index (χ4v) is 5.03. The van der Waals surface area contributed by atoms with Crippen LogP contribution in [0.15, 0.2) is 42.5 Å². The van der Waals surface area contributed by atoms with E-state index in [0.717, 1.165) is 35.7 Å². The maximum absolute atomic E-state index is 12.7. The number of thiazole rings is 1. The summed E-state index contributed by atoms with van der Waals surface area (Å²) < 4.78 is 12.1. The zero-order chi connectivity index (χ0) is 22.5. The average Bonchev–Trinajstić information content (AvgIpc) is 3.20. The Kier molecular flexibility index (Phi) is 7.29. The van der Waals surface area contributed by atoms with Crippen LogP contribution in [0.25, 0.3) is 16.3 Å². The highest BCUT2D eigenvalue weighted by atomic mass is 35.5. The predicted molar refractivity (Wildman–Crippen MR) is 130 cm³/mol. The molecule has 0 radical (unpaired) electrons. The largest absolute Gasteiger partial charge is 0.491 e. The minimum atomic E-state index is -0.00506. The number of fused-ring (bicyclic) bond motifs is 1. The molecule has 2 aromatic carbocycles. The van der Waals surface area contributed by atoms with Gasteiger partial charge in [0.25, 0.3) is 0 Å². The van der Waals surface area contributed by atoms with Crippen LogP contribution in [0, 0.1) is 0 Å². The normalized spacial score (nSPS) is 14.9. The first-order valence-electron chi connectivity index (χ1n) is 10.6. The van der Waals surface area contributed by atoms with Gasteiger partial charge in [-0.3, -0.25) is 9.69 Å². The number of rotatable bonds is 7. The van der Waals surface area contributed by atoms with Gasteiger partial charge in [-0.2, -0.15) is 0 Å². The Balaban J connectivity index is 1.33. The van der Waals surface area contributed by atoms with Gasteiger partial charge in [-0.05, 0) is 42.8 Å². The molecule has 1 aliphatic rings. The zero-order valence-electron chi connectivity index (χ0n) is 18.2. The Morgan fingerprint density at radius 1 is 1.22 bits per heavy atom. The number of benzene rings is 2. The van der Waals surface area contributed by atoms with E-state index in [9.17, 15) is 4.79 Å². The molecule has 168 valence electrons. The molecule has 1 amide bonds. The van der Waals surface area contributed by atoms with Crippen molar-refractivity contribution in [3.63, 3.8) is 0 Å². The summed E-state index contributed by atoms with van der Waals surface area (Å²) in [5.74, 6) is 1.06. The van der Waals surface area contributed by atoms with Crippen LogP contribution in [0.2, 0.25) is 5.02 Å². The molecule has 3 aromatic rings. The maximum atomic E-state index is 12.7. The van der Waals surface area contributed by atoms with Crippen molar-refractivity contribution in [1.82, 2.24) is 14.8 Å². The lowest BCUT2D eigenvalue weighted by molar-refractivity contribution is -0.127. The summed E-state index contributed by atoms with van der Waals surface area (Å²) in [7, 11) is 1.55. The highest BCUT2D eigenvalue weighted by Crippen LogP contribution is 2.36. The number of para-hydroxylation sites is 1. The quantitative estimate of drug-likeness (QED) is 0.467. The number of amides is 1. The molecule has 1 saturated heterocycles. The number of piperazine rings is 1. The highest BCUT2D eigenvalue weighted by molar-refractivity contribution is 7.18. The number of nitrogens with zero attached hydrogens (tertiary/aromatic N) is 3. The number of carbonyl (C=O) groups is 1. The molecule has 2 heterocycles. The van der Waals surface area contributed by atoms with Crippen molar-refractivity contribution in [3.8, 4) is 11.5 Å². The van der Waals surface area contributed by atoms with Crippen LogP contribution in [-0.4, -0.2) is 60.6 Å². The summed E-state index contributed by atoms with van der Waals surface area (Å²) >= 11 is 8.04. The van der Waals surface area contributed by atoms with E-state index in [4.69, 9.17) is 26.1 Å². The SMILES string of the molecule is CCOc1cc(/C=C/C(=O)N2CCN(Cc3nc4ccccc4s3)CC2)cc(Cl)c1OC. The number of carbonyl (C=O) groups excluding carboxylic acids is 1. The van der Waals surface area contributed by atoms with Gasteiger partial charge in [-0.1, -0.05) is 23.7 Å². The molecule has 1 aliphatic heterocycles. The summed E-state index contributed by atoms with van der Waals surface area (Å²) in [4.78, 5) is 21.6. The minimum Gasteiger partial charge on any atom is -0.491 e. The summed E-state index contributed by atoms with van der Waals surface area (Å²) in [6.07, 6.45) is 3.36. The van der Waals surface area contributed by atoms with Crippen molar-refractivity contribution in [2.24, 2.45) is 0 Å². The van der Waals surface area contributed by atoms with Crippen molar-refractivity contribution < 1.29 is 14.3 Å². The van der Waals surface area contributed by atoms with Crippen LogP contribution in [0.1, 0.15) is 17.5 Å². The van der Waals surface area contributed by atoms with Crippen molar-refractivity contribution in [2.45, 2.75) is 13.5 Å². The second-order valence-corrected chi connectivity index (χ2v) is 9.00. The van der Waals surface area contributed by atoms with Crippen LogP contribution in [0.3, 0.4) is 0 Å². The van der Waals surface area contributed by atoms with Crippen LogP contribution >= 0.6 is 22.9 Å². The van der Waals surface area contributed by atoms with E-state index in [1.165, 1.54) is 4.70 Å². The van der Waals surface area contributed by atoms with E-state index in [1.807, 2.05) is 36.1 Å². The molecular weight excluding hydrogens is 446 g/mol. The Morgan fingerprint density at radius 2 is 2.00 bits per heavy atom. The molecule has 1 aromatic heterocycles. The summed E-state index contributed by atoms with van der Waals surface area (Å²) in [6, 6.07) is 11.8. The fraction of sp³-hybridized carbons (Fsp3) is 0.333. The Morgan fingerprint density at radius 3 is 2.72 bits per heavy atom. The van der Waals surface area contributed by atoms with Gasteiger partial charge < -0.3 is 14.4 Å². The van der Waals surface area contributed by atoms with E-state index < -0.39 is 0 Å². The first-order chi connectivity index (χ1) is 15.6. The first kappa shape index (κ1) is 22.6. The van der Waals surface area contributed by atoms with Crippen molar-refractivity contribution in [3.05, 3.63) is 58.1 Å². The number of ether oxygens (including phenoxy) is 2. The number of hydrogen-bond donors (Lipinski definition) is 0. The van der Waals surface area contributed by atoms with Gasteiger partial charge in [-0.15, -0.1) is 11.3 Å². The van der Waals surface area contributed by atoms with Gasteiger partial charge >= 0.3 is 0 Å². The van der Waals surface area contributed by atoms with Crippen LogP contribution in [0.4, 0.5) is 0 Å². The Labute approximate surface area is 197 Å². The van der Waals surface area contributed by atoms with Crippen molar-refractivity contribution >= 4 is 45.1 Å². The van der Waals surface area contributed by atoms with Crippen LogP contribution in [-0.2, 0) is 11.3 Å². The van der Waals surface area contributed by atoms with Gasteiger partial charge in [0.1, 0.15) is 5.01 Å². The third-order valence-electron chi connectivity index (χ3n) is 5.34. The predicted octanol–water partition coefficient (Wildman–Crippen LogP) is 4.71. The second-order valence-electron chi connectivity index (χ2n) is 7.48. The molecule has 32 heavy (non-hydrogen) atoms. The second kappa shape index (κ2) is 10.3. The lowest BCUT2D eigenvalue weighted by Gasteiger charge is -2.33. The Hall–Kier alpha value is -2.61. The number of halogens is 1. The molecule has 0 bridgehead atoms. The van der Waals surface area contributed by atoms with Crippen LogP contribution < -0.4 is 9.47 Å². The first-order valence-corrected chi connectivity index (χ1v) is 11.8. The lowest BCUT2D eigenvalue weighted by Crippen LogP contribution is -2.47. The molecule has 4 rings (SSSR count). The average molecular weight is 472 g/mol. The van der Waals surface area contributed by atoms with E-state index >= 15 is 0 Å². The van der Waals surface area contributed by atoms with E-state index in [-0.39, 0.29) is 5.91 Å². The van der Waals surface area contributed by atoms with Gasteiger partial charge in [-0.25, -0.2) is 4.98 Å². The molecule has 0 atom stereocenters. The van der Waals surface area contributed by atoms with Gasteiger partial charge in [0.15, 0.2) is 11.5 Å². The third kappa shape index (κ3) is 5.23. The smallest absolute Gasteiger partial charge is 0.246 e. The van der Waals surface area contributed by atoms with E-state index in [1.54, 1.807) is 36.7 Å². The standard InChI is InChI=1S/C24H26ClN3O3S/c1-3-31-20-15-17(14-18(25)24(20)30-2)8-9-23(29)28-12-10-27(11-13-28)16-22-26-19-6-4-5-7-21(19)32-22/h4-9,14-15H,3,10-13,16H2,1-2H3/b9-8+. The molecule has 6 nitrogen and oxygen atoms in total. The topological polar surface area (TPSA) is 54.9 Å². The molecule has 8 heteroatoms. The fourth-order valence-electron chi connectivity index (χ4n) is 3.72. The molecule has 1 fully saturated rings. The maximum Gasteiger partial charge on any atom is 0.246 e. The van der Waals surface area contributed by atoms with Crippen LogP contribution in [0.5, 0.6) is 11.5 Å². The number of aromatic nitrogens is 1. The van der Waals surface area contributed by atoms with Crippen molar-refractivity contribution in [1.29, 1.82) is 0 Å². The monoisotopic (exact) mass is 471 g/mol. The number of hydrogen-bond acceptors (Lipinski definition) is 6. The summed E-state index contributed by atoms with van der Waals surface area (Å²) in [6.45, 7) is 6.28. The van der Waals surface area contributed by atoms with E-state index in [2.05, 4.69) is 11.0 Å². The molecule has 0 spiro atoms. The molecule has 0 N–H and O–H groups in total. The molecular formula is C24H26ClN3O3S. The van der Waals surface area contributed by atoms with Gasteiger partial charge in [0.2, 0.25) is 5.91 Å². The molecule has 0 saturated carbocycles. The lowest BCUT2D eigenvalue weighted by atomic mass is 10.1. The number of methoxy groups -OCH3 is 1. The Bertz CT molecular complexity index is 1090. The van der Waals surface area contributed by atoms with Gasteiger partial charge in [0.05, 0.1) is 35.5 Å². The minimum absolute atomic E-state index is 0.00506. The van der Waals surface area contributed by atoms with Crippen molar-refractivity contribution in [2.75, 3.05) is 39.9 Å². The summed E-state index contributed by atoms with van der Waals surface area (Å²) in [5, 5.41) is 1.57. The zero-order valence-corrected chi connectivity index (χ0v) is 19.8. The summed E-state index contributed by atoms with van der Waals surface area (Å²) in [5.41, 5.74) is 1.85. The van der Waals surface area contributed by atoms with Gasteiger partial charge in [0, 0.05) is 32.3 Å².